The number of thiol groups is 1. The van der Waals surface area contributed by atoms with E-state index in [2.05, 4.69) is 23.3 Å². The number of amides is 1. The lowest BCUT2D eigenvalue weighted by atomic mass is 9.97. The van der Waals surface area contributed by atoms with Gasteiger partial charge in [0, 0.05) is 17.4 Å². The summed E-state index contributed by atoms with van der Waals surface area (Å²) in [6, 6.07) is 4.53. The molecule has 0 bridgehead atoms. The molecular weight excluding hydrogens is 412 g/mol. The van der Waals surface area contributed by atoms with E-state index in [4.69, 9.17) is 9.47 Å². The zero-order valence-electron chi connectivity index (χ0n) is 20.4. The van der Waals surface area contributed by atoms with Gasteiger partial charge in [-0.1, -0.05) is 39.8 Å². The molecule has 0 aliphatic carbocycles. The van der Waals surface area contributed by atoms with Crippen LogP contribution in [0.4, 0.5) is 0 Å². The third-order valence-corrected chi connectivity index (χ3v) is 5.27. The summed E-state index contributed by atoms with van der Waals surface area (Å²) in [5.41, 5.74) is 1.41. The fourth-order valence-electron chi connectivity index (χ4n) is 3.24. The Kier molecular flexibility index (Phi) is 10.4. The van der Waals surface area contributed by atoms with E-state index in [9.17, 15) is 9.59 Å². The number of benzene rings is 1. The van der Waals surface area contributed by atoms with E-state index in [1.807, 2.05) is 73.6 Å². The van der Waals surface area contributed by atoms with Crippen molar-refractivity contribution < 1.29 is 19.1 Å². The monoisotopic (exact) mass is 452 g/mol. The Bertz CT molecular complexity index is 744. The Labute approximate surface area is 193 Å². The predicted molar refractivity (Wildman–Crippen MR) is 129 cm³/mol. The Balaban J connectivity index is 3.08. The van der Waals surface area contributed by atoms with Crippen molar-refractivity contribution >= 4 is 24.5 Å². The van der Waals surface area contributed by atoms with Gasteiger partial charge in [0.25, 0.3) is 0 Å². The van der Waals surface area contributed by atoms with Gasteiger partial charge in [0.1, 0.15) is 17.4 Å². The molecule has 0 heterocycles. The third kappa shape index (κ3) is 8.37. The summed E-state index contributed by atoms with van der Waals surface area (Å²) >= 11 is 4.51. The summed E-state index contributed by atoms with van der Waals surface area (Å²) < 4.78 is 11.1. The Morgan fingerprint density at radius 3 is 2.10 bits per heavy atom. The lowest BCUT2D eigenvalue weighted by Gasteiger charge is -2.31. The van der Waals surface area contributed by atoms with E-state index in [0.29, 0.717) is 5.75 Å². The van der Waals surface area contributed by atoms with Crippen molar-refractivity contribution in [3.63, 3.8) is 0 Å². The first-order valence-corrected chi connectivity index (χ1v) is 11.5. The molecule has 1 amide bonds. The topological polar surface area (TPSA) is 76.7 Å². The summed E-state index contributed by atoms with van der Waals surface area (Å²) in [7, 11) is 1.63. The summed E-state index contributed by atoms with van der Waals surface area (Å²) in [4.78, 5) is 25.9. The first-order valence-electron chi connectivity index (χ1n) is 10.8. The van der Waals surface area contributed by atoms with Crippen LogP contribution in [0.3, 0.4) is 0 Å². The average Bonchev–Trinajstić information content (AvgIpc) is 2.65. The molecule has 7 heteroatoms. The van der Waals surface area contributed by atoms with Gasteiger partial charge in [0.05, 0.1) is 13.2 Å². The van der Waals surface area contributed by atoms with Gasteiger partial charge in [-0.25, -0.2) is 4.79 Å². The van der Waals surface area contributed by atoms with Gasteiger partial charge < -0.3 is 14.8 Å². The number of ether oxygens (including phenoxy) is 2. The molecule has 31 heavy (non-hydrogen) atoms. The van der Waals surface area contributed by atoms with Crippen molar-refractivity contribution in [2.75, 3.05) is 12.9 Å². The quantitative estimate of drug-likeness (QED) is 0.368. The highest BCUT2D eigenvalue weighted by molar-refractivity contribution is 7.80. The molecule has 1 aromatic rings. The van der Waals surface area contributed by atoms with Crippen LogP contribution in [0.2, 0.25) is 0 Å². The maximum atomic E-state index is 13.2. The fourth-order valence-corrected chi connectivity index (χ4v) is 3.54. The van der Waals surface area contributed by atoms with Crippen molar-refractivity contribution in [1.29, 1.82) is 0 Å². The molecule has 176 valence electrons. The molecule has 0 aromatic heterocycles. The summed E-state index contributed by atoms with van der Waals surface area (Å²) in [5, 5.41) is 6.33. The molecule has 2 N–H and O–H groups in total. The standard InChI is InChI=1S/C24H40N2O4S/c1-14(2)20(22(27)26-21(15(3)4)23(28)30-24(6,7)8)25-18(13-31)17-11-10-16(5)12-19(17)29-9/h10-12,14-15,18,20-21,25,31H,13H2,1-9H3,(H,26,27)/t18-,20-,21-/m0/s1. The van der Waals surface area contributed by atoms with Crippen LogP contribution in [0.5, 0.6) is 5.75 Å². The molecule has 3 atom stereocenters. The van der Waals surface area contributed by atoms with Gasteiger partial charge in [-0.3, -0.25) is 10.1 Å². The highest BCUT2D eigenvalue weighted by atomic mass is 32.1. The summed E-state index contributed by atoms with van der Waals surface area (Å²) in [5.74, 6) is 0.454. The number of hydrogen-bond donors (Lipinski definition) is 3. The van der Waals surface area contributed by atoms with Gasteiger partial charge in [-0.2, -0.15) is 12.6 Å². The van der Waals surface area contributed by atoms with Crippen molar-refractivity contribution in [2.45, 2.75) is 79.1 Å². The van der Waals surface area contributed by atoms with Crippen molar-refractivity contribution in [3.05, 3.63) is 29.3 Å². The van der Waals surface area contributed by atoms with Gasteiger partial charge >= 0.3 is 5.97 Å². The molecule has 0 saturated heterocycles. The molecule has 0 aliphatic heterocycles. The molecule has 0 aliphatic rings. The average molecular weight is 453 g/mol. The van der Waals surface area contributed by atoms with Crippen LogP contribution in [0.1, 0.15) is 65.6 Å². The number of carbonyl (C=O) groups excluding carboxylic acids is 2. The maximum Gasteiger partial charge on any atom is 0.329 e. The SMILES string of the molecule is COc1cc(C)ccc1[C@H](CS)N[C@H](C(=O)N[C@H](C(=O)OC(C)(C)C)C(C)C)C(C)C. The minimum Gasteiger partial charge on any atom is -0.496 e. The van der Waals surface area contributed by atoms with Crippen molar-refractivity contribution in [1.82, 2.24) is 10.6 Å². The van der Waals surface area contributed by atoms with Gasteiger partial charge in [0.15, 0.2) is 0 Å². The number of esters is 1. The molecule has 0 spiro atoms. The summed E-state index contributed by atoms with van der Waals surface area (Å²) in [6.07, 6.45) is 0. The minimum atomic E-state index is -0.724. The van der Waals surface area contributed by atoms with Gasteiger partial charge in [-0.05, 0) is 51.2 Å². The number of carbonyl (C=O) groups is 2. The second kappa shape index (κ2) is 11.8. The third-order valence-electron chi connectivity index (χ3n) is 4.90. The maximum absolute atomic E-state index is 13.2. The predicted octanol–water partition coefficient (Wildman–Crippen LogP) is 4.07. The van der Waals surface area contributed by atoms with Crippen LogP contribution in [0, 0.1) is 18.8 Å². The van der Waals surface area contributed by atoms with Crippen molar-refractivity contribution in [3.8, 4) is 5.75 Å². The Morgan fingerprint density at radius 1 is 1.06 bits per heavy atom. The van der Waals surface area contributed by atoms with E-state index in [1.54, 1.807) is 7.11 Å². The Morgan fingerprint density at radius 2 is 1.65 bits per heavy atom. The first kappa shape index (κ1) is 27.3. The molecular formula is C24H40N2O4S. The molecule has 0 saturated carbocycles. The molecule has 1 rings (SSSR count). The second-order valence-corrected chi connectivity index (χ2v) is 10.00. The van der Waals surface area contributed by atoms with E-state index in [1.165, 1.54) is 0 Å². The summed E-state index contributed by atoms with van der Waals surface area (Å²) in [6.45, 7) is 15.2. The second-order valence-electron chi connectivity index (χ2n) is 9.63. The first-order chi connectivity index (χ1) is 14.3. The molecule has 1 aromatic carbocycles. The smallest absolute Gasteiger partial charge is 0.329 e. The zero-order valence-corrected chi connectivity index (χ0v) is 21.3. The van der Waals surface area contributed by atoms with Gasteiger partial charge in [-0.15, -0.1) is 0 Å². The van der Waals surface area contributed by atoms with E-state index in [-0.39, 0.29) is 23.8 Å². The largest absolute Gasteiger partial charge is 0.496 e. The number of rotatable bonds is 10. The highest BCUT2D eigenvalue weighted by Gasteiger charge is 2.33. The van der Waals surface area contributed by atoms with E-state index in [0.717, 1.165) is 16.9 Å². The normalized spacial score (nSPS) is 14.8. The minimum absolute atomic E-state index is 0.00900. The van der Waals surface area contributed by atoms with Crippen LogP contribution in [0.25, 0.3) is 0 Å². The Hall–Kier alpha value is -1.73. The van der Waals surface area contributed by atoms with Gasteiger partial charge in [0.2, 0.25) is 5.91 Å². The van der Waals surface area contributed by atoms with Crippen LogP contribution < -0.4 is 15.4 Å². The number of nitrogens with one attached hydrogen (secondary N) is 2. The van der Waals surface area contributed by atoms with E-state index < -0.39 is 23.7 Å². The van der Waals surface area contributed by atoms with Crippen molar-refractivity contribution in [2.24, 2.45) is 11.8 Å². The molecule has 0 unspecified atom stereocenters. The molecule has 0 radical (unpaired) electrons. The van der Waals surface area contributed by atoms with Crippen LogP contribution in [0.15, 0.2) is 18.2 Å². The van der Waals surface area contributed by atoms with Crippen LogP contribution in [-0.2, 0) is 14.3 Å². The number of methoxy groups -OCH3 is 1. The fraction of sp³-hybridized carbons (Fsp3) is 0.667. The highest BCUT2D eigenvalue weighted by Crippen LogP contribution is 2.28. The molecule has 0 fully saturated rings. The zero-order chi connectivity index (χ0) is 23.9. The van der Waals surface area contributed by atoms with Crippen LogP contribution >= 0.6 is 12.6 Å². The molecule has 6 nitrogen and oxygen atoms in total. The van der Waals surface area contributed by atoms with E-state index >= 15 is 0 Å². The number of hydrogen-bond acceptors (Lipinski definition) is 6. The lowest BCUT2D eigenvalue weighted by molar-refractivity contribution is -0.160. The van der Waals surface area contributed by atoms with Crippen LogP contribution in [-0.4, -0.2) is 42.4 Å². The lowest BCUT2D eigenvalue weighted by Crippen LogP contribution is -2.55. The number of aryl methyl sites for hydroxylation is 1.